The highest BCUT2D eigenvalue weighted by atomic mass is 32.2. The van der Waals surface area contributed by atoms with Crippen LogP contribution in [-0.4, -0.2) is 37.2 Å². The Morgan fingerprint density at radius 3 is 2.50 bits per heavy atom. The Morgan fingerprint density at radius 1 is 1.30 bits per heavy atom. The van der Waals surface area contributed by atoms with Gasteiger partial charge in [-0.1, -0.05) is 26.0 Å². The molecule has 0 spiro atoms. The second-order valence-electron chi connectivity index (χ2n) is 5.55. The van der Waals surface area contributed by atoms with Crippen LogP contribution in [-0.2, 0) is 11.3 Å². The van der Waals surface area contributed by atoms with E-state index in [1.807, 2.05) is 11.9 Å². The number of hydrogen-bond acceptors (Lipinski definition) is 3. The maximum atomic E-state index is 11.8. The Labute approximate surface area is 127 Å². The van der Waals surface area contributed by atoms with Crippen LogP contribution in [0.4, 0.5) is 0 Å². The molecule has 0 aliphatic carbocycles. The lowest BCUT2D eigenvalue weighted by Crippen LogP contribution is -2.35. The van der Waals surface area contributed by atoms with E-state index < -0.39 is 0 Å². The lowest BCUT2D eigenvalue weighted by atomic mass is 10.1. The summed E-state index contributed by atoms with van der Waals surface area (Å²) in [7, 11) is 1.98. The van der Waals surface area contributed by atoms with E-state index in [1.54, 1.807) is 11.8 Å². The van der Waals surface area contributed by atoms with Gasteiger partial charge in [0.15, 0.2) is 0 Å². The van der Waals surface area contributed by atoms with Crippen LogP contribution in [0.15, 0.2) is 29.2 Å². The van der Waals surface area contributed by atoms with Crippen LogP contribution in [0.2, 0.25) is 0 Å². The first-order valence-electron chi connectivity index (χ1n) is 7.09. The molecule has 0 unspecified atom stereocenters. The Balaban J connectivity index is 2.31. The smallest absolute Gasteiger partial charge is 0.234 e. The summed E-state index contributed by atoms with van der Waals surface area (Å²) in [6.07, 6.45) is 3.11. The van der Waals surface area contributed by atoms with Crippen molar-refractivity contribution in [3.05, 3.63) is 29.8 Å². The summed E-state index contributed by atoms with van der Waals surface area (Å²) in [5.74, 6) is 0.733. The predicted molar refractivity (Wildman–Crippen MR) is 87.0 cm³/mol. The fourth-order valence-corrected chi connectivity index (χ4v) is 2.31. The van der Waals surface area contributed by atoms with Crippen LogP contribution >= 0.6 is 11.8 Å². The SMILES string of the molecule is CSc1ccc(CN(C)CC(=O)NCCC(C)C)cc1. The van der Waals surface area contributed by atoms with E-state index in [0.717, 1.165) is 19.5 Å². The van der Waals surface area contributed by atoms with Crippen molar-refractivity contribution in [1.29, 1.82) is 0 Å². The van der Waals surface area contributed by atoms with E-state index in [2.05, 4.69) is 49.7 Å². The third-order valence-electron chi connectivity index (χ3n) is 3.07. The van der Waals surface area contributed by atoms with Crippen molar-refractivity contribution in [3.63, 3.8) is 0 Å². The highest BCUT2D eigenvalue weighted by Crippen LogP contribution is 2.15. The van der Waals surface area contributed by atoms with Crippen molar-refractivity contribution in [1.82, 2.24) is 10.2 Å². The Bertz CT molecular complexity index is 403. The first-order chi connectivity index (χ1) is 9.51. The largest absolute Gasteiger partial charge is 0.355 e. The van der Waals surface area contributed by atoms with Gasteiger partial charge in [-0.25, -0.2) is 0 Å². The van der Waals surface area contributed by atoms with E-state index >= 15 is 0 Å². The van der Waals surface area contributed by atoms with Crippen molar-refractivity contribution < 1.29 is 4.79 Å². The molecule has 0 fully saturated rings. The number of carbonyl (C=O) groups excluding carboxylic acids is 1. The summed E-state index contributed by atoms with van der Waals surface area (Å²) >= 11 is 1.74. The van der Waals surface area contributed by atoms with Gasteiger partial charge in [0, 0.05) is 18.0 Å². The first kappa shape index (κ1) is 17.1. The average Bonchev–Trinajstić information content (AvgIpc) is 2.38. The molecular formula is C16H26N2OS. The molecule has 0 aliphatic heterocycles. The molecule has 0 atom stereocenters. The molecular weight excluding hydrogens is 268 g/mol. The van der Waals surface area contributed by atoms with Gasteiger partial charge in [0.25, 0.3) is 0 Å². The number of thioether (sulfide) groups is 1. The zero-order chi connectivity index (χ0) is 15.0. The van der Waals surface area contributed by atoms with Gasteiger partial charge >= 0.3 is 0 Å². The third kappa shape index (κ3) is 6.96. The molecule has 0 heterocycles. The van der Waals surface area contributed by atoms with Gasteiger partial charge in [-0.3, -0.25) is 9.69 Å². The number of rotatable bonds is 8. The van der Waals surface area contributed by atoms with E-state index in [0.29, 0.717) is 12.5 Å². The molecule has 3 nitrogen and oxygen atoms in total. The van der Waals surface area contributed by atoms with E-state index in [1.165, 1.54) is 10.5 Å². The van der Waals surface area contributed by atoms with Crippen molar-refractivity contribution in [2.24, 2.45) is 5.92 Å². The van der Waals surface area contributed by atoms with E-state index in [9.17, 15) is 4.79 Å². The van der Waals surface area contributed by atoms with Gasteiger partial charge in [-0.15, -0.1) is 11.8 Å². The minimum Gasteiger partial charge on any atom is -0.355 e. The normalized spacial score (nSPS) is 11.1. The third-order valence-corrected chi connectivity index (χ3v) is 3.81. The van der Waals surface area contributed by atoms with Gasteiger partial charge in [-0.2, -0.15) is 0 Å². The van der Waals surface area contributed by atoms with Crippen LogP contribution < -0.4 is 5.32 Å². The summed E-state index contributed by atoms with van der Waals surface area (Å²) in [6, 6.07) is 8.49. The molecule has 20 heavy (non-hydrogen) atoms. The number of carbonyl (C=O) groups is 1. The molecule has 0 saturated carbocycles. The van der Waals surface area contributed by atoms with Crippen molar-refractivity contribution in [3.8, 4) is 0 Å². The maximum absolute atomic E-state index is 11.8. The molecule has 0 aromatic heterocycles. The second kappa shape index (κ2) is 9.03. The highest BCUT2D eigenvalue weighted by molar-refractivity contribution is 7.98. The maximum Gasteiger partial charge on any atom is 0.234 e. The van der Waals surface area contributed by atoms with Crippen LogP contribution in [0, 0.1) is 5.92 Å². The van der Waals surface area contributed by atoms with Crippen LogP contribution in [0.25, 0.3) is 0 Å². The van der Waals surface area contributed by atoms with Crippen LogP contribution in [0.5, 0.6) is 0 Å². The van der Waals surface area contributed by atoms with Gasteiger partial charge in [0.1, 0.15) is 0 Å². The summed E-state index contributed by atoms with van der Waals surface area (Å²) in [4.78, 5) is 15.1. The summed E-state index contributed by atoms with van der Waals surface area (Å²) in [6.45, 7) is 6.34. The van der Waals surface area contributed by atoms with E-state index in [4.69, 9.17) is 0 Å². The lowest BCUT2D eigenvalue weighted by molar-refractivity contribution is -0.122. The number of likely N-dealkylation sites (N-methyl/N-ethyl adjacent to an activating group) is 1. The molecule has 0 aliphatic rings. The summed E-state index contributed by atoms with van der Waals surface area (Å²) < 4.78 is 0. The Morgan fingerprint density at radius 2 is 1.95 bits per heavy atom. The fraction of sp³-hybridized carbons (Fsp3) is 0.562. The standard InChI is InChI=1S/C16H26N2OS/c1-13(2)9-10-17-16(19)12-18(3)11-14-5-7-15(20-4)8-6-14/h5-8,13H,9-12H2,1-4H3,(H,17,19). The van der Waals surface area contributed by atoms with Crippen LogP contribution in [0.3, 0.4) is 0 Å². The number of nitrogens with one attached hydrogen (secondary N) is 1. The molecule has 0 radical (unpaired) electrons. The van der Waals surface area contributed by atoms with Crippen molar-refractivity contribution in [2.75, 3.05) is 26.4 Å². The number of nitrogens with zero attached hydrogens (tertiary/aromatic N) is 1. The molecule has 0 bridgehead atoms. The molecule has 4 heteroatoms. The second-order valence-corrected chi connectivity index (χ2v) is 6.43. The van der Waals surface area contributed by atoms with Gasteiger partial charge < -0.3 is 5.32 Å². The minimum atomic E-state index is 0.105. The predicted octanol–water partition coefficient (Wildman–Crippen LogP) is 3.00. The average molecular weight is 294 g/mol. The molecule has 1 aromatic rings. The molecule has 1 amide bonds. The number of hydrogen-bond donors (Lipinski definition) is 1. The quantitative estimate of drug-likeness (QED) is 0.748. The van der Waals surface area contributed by atoms with E-state index in [-0.39, 0.29) is 5.91 Å². The molecule has 1 rings (SSSR count). The molecule has 1 N–H and O–H groups in total. The monoisotopic (exact) mass is 294 g/mol. The molecule has 0 saturated heterocycles. The zero-order valence-electron chi connectivity index (χ0n) is 13.0. The fourth-order valence-electron chi connectivity index (χ4n) is 1.90. The topological polar surface area (TPSA) is 32.3 Å². The van der Waals surface area contributed by atoms with Gasteiger partial charge in [0.2, 0.25) is 5.91 Å². The van der Waals surface area contributed by atoms with Gasteiger partial charge in [0.05, 0.1) is 6.54 Å². The van der Waals surface area contributed by atoms with Crippen molar-refractivity contribution >= 4 is 17.7 Å². The Kier molecular flexibility index (Phi) is 7.70. The lowest BCUT2D eigenvalue weighted by Gasteiger charge is -2.16. The summed E-state index contributed by atoms with van der Waals surface area (Å²) in [5.41, 5.74) is 1.24. The Hall–Kier alpha value is -1.00. The zero-order valence-corrected chi connectivity index (χ0v) is 13.8. The molecule has 112 valence electrons. The summed E-state index contributed by atoms with van der Waals surface area (Å²) in [5, 5.41) is 2.96. The van der Waals surface area contributed by atoms with Crippen molar-refractivity contribution in [2.45, 2.75) is 31.7 Å². The number of amides is 1. The first-order valence-corrected chi connectivity index (χ1v) is 8.32. The highest BCUT2D eigenvalue weighted by Gasteiger charge is 2.07. The molecule has 1 aromatic carbocycles. The van der Waals surface area contributed by atoms with Crippen LogP contribution in [0.1, 0.15) is 25.8 Å². The number of benzene rings is 1. The minimum absolute atomic E-state index is 0.105. The van der Waals surface area contributed by atoms with Gasteiger partial charge in [-0.05, 0) is 43.3 Å².